The standard InChI is InChI=1S/C25H18N2O3S/c1-16-8-7-13-22-23(16)26-25(31-22)27(15-17-9-3-2-4-10-17)24(29)21-14-19(28)18-11-5-6-12-20(18)30-21/h2-14H,15H2,1H3. The Morgan fingerprint density at radius 3 is 2.58 bits per heavy atom. The topological polar surface area (TPSA) is 63.4 Å². The van der Waals surface area contributed by atoms with Crippen molar-refractivity contribution in [3.8, 4) is 0 Å². The van der Waals surface area contributed by atoms with E-state index in [1.54, 1.807) is 29.2 Å². The average molecular weight is 426 g/mol. The fourth-order valence-corrected chi connectivity index (χ4v) is 4.57. The average Bonchev–Trinajstić information content (AvgIpc) is 3.23. The van der Waals surface area contributed by atoms with Gasteiger partial charge in [0.25, 0.3) is 5.91 Å². The molecule has 3 aromatic carbocycles. The molecule has 0 saturated carbocycles. The summed E-state index contributed by atoms with van der Waals surface area (Å²) in [5.41, 5.74) is 3.01. The lowest BCUT2D eigenvalue weighted by atomic mass is 10.2. The van der Waals surface area contributed by atoms with E-state index in [9.17, 15) is 9.59 Å². The molecule has 152 valence electrons. The zero-order chi connectivity index (χ0) is 21.4. The molecule has 5 nitrogen and oxygen atoms in total. The van der Waals surface area contributed by atoms with Crippen molar-refractivity contribution in [3.05, 3.63) is 106 Å². The second-order valence-corrected chi connectivity index (χ2v) is 8.28. The van der Waals surface area contributed by atoms with Crippen LogP contribution in [0.3, 0.4) is 0 Å². The van der Waals surface area contributed by atoms with Crippen molar-refractivity contribution in [1.29, 1.82) is 0 Å². The summed E-state index contributed by atoms with van der Waals surface area (Å²) in [5.74, 6) is -0.404. The van der Waals surface area contributed by atoms with Crippen LogP contribution in [0.1, 0.15) is 21.7 Å². The van der Waals surface area contributed by atoms with Gasteiger partial charge in [-0.3, -0.25) is 14.5 Å². The normalized spacial score (nSPS) is 11.1. The lowest BCUT2D eigenvalue weighted by Gasteiger charge is -2.19. The first-order valence-corrected chi connectivity index (χ1v) is 10.7. The maximum Gasteiger partial charge on any atom is 0.296 e. The molecule has 0 fully saturated rings. The van der Waals surface area contributed by atoms with Crippen LogP contribution in [0.25, 0.3) is 21.2 Å². The van der Waals surface area contributed by atoms with E-state index in [2.05, 4.69) is 0 Å². The van der Waals surface area contributed by atoms with E-state index in [-0.39, 0.29) is 11.2 Å². The molecule has 0 bridgehead atoms. The SMILES string of the molecule is Cc1cccc2sc(N(Cc3ccccc3)C(=O)c3cc(=O)c4ccccc4o3)nc12. The highest BCUT2D eigenvalue weighted by Crippen LogP contribution is 2.32. The fraction of sp³-hybridized carbons (Fsp3) is 0.0800. The van der Waals surface area contributed by atoms with E-state index >= 15 is 0 Å². The van der Waals surface area contributed by atoms with Gasteiger partial charge in [-0.15, -0.1) is 0 Å². The zero-order valence-corrected chi connectivity index (χ0v) is 17.6. The van der Waals surface area contributed by atoms with E-state index in [1.807, 2.05) is 55.5 Å². The van der Waals surface area contributed by atoms with Crippen LogP contribution in [0.2, 0.25) is 0 Å². The Morgan fingerprint density at radius 2 is 1.77 bits per heavy atom. The van der Waals surface area contributed by atoms with E-state index in [0.717, 1.165) is 21.3 Å². The molecule has 0 aliphatic heterocycles. The molecule has 0 saturated heterocycles. The zero-order valence-electron chi connectivity index (χ0n) is 16.7. The molecule has 0 radical (unpaired) electrons. The predicted octanol–water partition coefficient (Wildman–Crippen LogP) is 5.56. The van der Waals surface area contributed by atoms with Crippen molar-refractivity contribution in [2.75, 3.05) is 4.90 Å². The number of carbonyl (C=O) groups is 1. The van der Waals surface area contributed by atoms with Crippen LogP contribution in [0, 0.1) is 6.92 Å². The smallest absolute Gasteiger partial charge is 0.296 e. The quantitative estimate of drug-likeness (QED) is 0.378. The number of benzene rings is 3. The first-order chi connectivity index (χ1) is 15.1. The van der Waals surface area contributed by atoms with Crippen LogP contribution in [-0.2, 0) is 6.54 Å². The van der Waals surface area contributed by atoms with E-state index in [1.165, 1.54) is 17.4 Å². The number of aromatic nitrogens is 1. The summed E-state index contributed by atoms with van der Waals surface area (Å²) >= 11 is 1.44. The number of aryl methyl sites for hydroxylation is 1. The first kappa shape index (κ1) is 19.2. The summed E-state index contributed by atoms with van der Waals surface area (Å²) in [6, 6.07) is 23.8. The summed E-state index contributed by atoms with van der Waals surface area (Å²) < 4.78 is 6.83. The molecular formula is C25H18N2O3S. The number of thiazole rings is 1. The Hall–Kier alpha value is -3.77. The Bertz CT molecular complexity index is 1470. The molecule has 2 heterocycles. The Balaban J connectivity index is 1.63. The molecule has 31 heavy (non-hydrogen) atoms. The van der Waals surface area contributed by atoms with Gasteiger partial charge < -0.3 is 4.42 Å². The third-order valence-corrected chi connectivity index (χ3v) is 6.16. The summed E-state index contributed by atoms with van der Waals surface area (Å²) in [6.45, 7) is 2.31. The van der Waals surface area contributed by atoms with Crippen molar-refractivity contribution in [2.45, 2.75) is 13.5 Å². The molecule has 1 amide bonds. The first-order valence-electron chi connectivity index (χ1n) is 9.85. The predicted molar refractivity (Wildman–Crippen MR) is 124 cm³/mol. The number of anilines is 1. The number of para-hydroxylation sites is 2. The Morgan fingerprint density at radius 1 is 1.00 bits per heavy atom. The number of carbonyl (C=O) groups excluding carboxylic acids is 1. The van der Waals surface area contributed by atoms with Crippen LogP contribution >= 0.6 is 11.3 Å². The molecule has 2 aromatic heterocycles. The Labute approximate surface area is 182 Å². The summed E-state index contributed by atoms with van der Waals surface area (Å²) in [7, 11) is 0. The largest absolute Gasteiger partial charge is 0.451 e. The van der Waals surface area contributed by atoms with Crippen LogP contribution in [0.4, 0.5) is 5.13 Å². The molecule has 0 aliphatic carbocycles. The minimum atomic E-state index is -0.400. The lowest BCUT2D eigenvalue weighted by molar-refractivity contribution is 0.0959. The third kappa shape index (κ3) is 3.62. The molecule has 0 aliphatic rings. The molecule has 0 unspecified atom stereocenters. The molecule has 5 aromatic rings. The molecule has 0 atom stereocenters. The highest BCUT2D eigenvalue weighted by atomic mass is 32.1. The third-order valence-electron chi connectivity index (χ3n) is 5.11. The van der Waals surface area contributed by atoms with Gasteiger partial charge in [-0.05, 0) is 36.2 Å². The van der Waals surface area contributed by atoms with Crippen molar-refractivity contribution in [1.82, 2.24) is 4.98 Å². The summed E-state index contributed by atoms with van der Waals surface area (Å²) in [4.78, 5) is 32.5. The van der Waals surface area contributed by atoms with Crippen molar-refractivity contribution >= 4 is 43.6 Å². The minimum absolute atomic E-state index is 0.00407. The van der Waals surface area contributed by atoms with E-state index < -0.39 is 5.91 Å². The van der Waals surface area contributed by atoms with Gasteiger partial charge in [0.05, 0.1) is 22.1 Å². The van der Waals surface area contributed by atoms with E-state index in [4.69, 9.17) is 9.40 Å². The summed E-state index contributed by atoms with van der Waals surface area (Å²) in [5, 5.41) is 1.01. The maximum atomic E-state index is 13.6. The second-order valence-electron chi connectivity index (χ2n) is 7.27. The van der Waals surface area contributed by atoms with Crippen LogP contribution < -0.4 is 10.3 Å². The van der Waals surface area contributed by atoms with Crippen LogP contribution in [0.15, 0.2) is 88.1 Å². The number of hydrogen-bond acceptors (Lipinski definition) is 5. The monoisotopic (exact) mass is 426 g/mol. The van der Waals surface area contributed by atoms with Crippen molar-refractivity contribution in [3.63, 3.8) is 0 Å². The highest BCUT2D eigenvalue weighted by molar-refractivity contribution is 7.22. The summed E-state index contributed by atoms with van der Waals surface area (Å²) in [6.07, 6.45) is 0. The number of amides is 1. The van der Waals surface area contributed by atoms with Gasteiger partial charge in [0.15, 0.2) is 16.3 Å². The van der Waals surface area contributed by atoms with Gasteiger partial charge in [-0.25, -0.2) is 4.98 Å². The highest BCUT2D eigenvalue weighted by Gasteiger charge is 2.25. The van der Waals surface area contributed by atoms with E-state index in [0.29, 0.717) is 22.6 Å². The van der Waals surface area contributed by atoms with Crippen LogP contribution in [0.5, 0.6) is 0 Å². The van der Waals surface area contributed by atoms with Crippen molar-refractivity contribution < 1.29 is 9.21 Å². The number of fused-ring (bicyclic) bond motifs is 2. The van der Waals surface area contributed by atoms with Gasteiger partial charge in [-0.2, -0.15) is 0 Å². The van der Waals surface area contributed by atoms with Gasteiger partial charge in [0.2, 0.25) is 0 Å². The van der Waals surface area contributed by atoms with Crippen LogP contribution in [-0.4, -0.2) is 10.9 Å². The fourth-order valence-electron chi connectivity index (χ4n) is 3.52. The number of nitrogens with zero attached hydrogens (tertiary/aromatic N) is 2. The minimum Gasteiger partial charge on any atom is -0.451 e. The lowest BCUT2D eigenvalue weighted by Crippen LogP contribution is -2.31. The van der Waals surface area contributed by atoms with Crippen molar-refractivity contribution in [2.24, 2.45) is 0 Å². The second kappa shape index (κ2) is 7.81. The molecule has 0 N–H and O–H groups in total. The van der Waals surface area contributed by atoms with Gasteiger partial charge in [0, 0.05) is 6.07 Å². The number of rotatable bonds is 4. The molecule has 6 heteroatoms. The maximum absolute atomic E-state index is 13.6. The van der Waals surface area contributed by atoms with Gasteiger partial charge >= 0.3 is 0 Å². The number of hydrogen-bond donors (Lipinski definition) is 0. The van der Waals surface area contributed by atoms with Gasteiger partial charge in [-0.1, -0.05) is 65.9 Å². The molecule has 5 rings (SSSR count). The Kier molecular flexibility index (Phi) is 4.84. The molecular weight excluding hydrogens is 408 g/mol. The van der Waals surface area contributed by atoms with Gasteiger partial charge in [0.1, 0.15) is 5.58 Å². The molecule has 0 spiro atoms.